The van der Waals surface area contributed by atoms with Crippen LogP contribution in [0.1, 0.15) is 26.7 Å². The van der Waals surface area contributed by atoms with Crippen LogP contribution in [-0.2, 0) is 9.59 Å². The zero-order valence-corrected chi connectivity index (χ0v) is 16.0. The Bertz CT molecular complexity index is 657. The molecular weight excluding hydrogens is 354 g/mol. The molecule has 2 atom stereocenters. The average Bonchev–Trinajstić information content (AvgIpc) is 3.46. The normalized spacial score (nSPS) is 20.3. The highest BCUT2D eigenvalue weighted by Crippen LogP contribution is 2.24. The van der Waals surface area contributed by atoms with E-state index in [0.717, 1.165) is 12.8 Å². The Morgan fingerprint density at radius 1 is 1.15 bits per heavy atom. The molecule has 2 unspecified atom stereocenters. The Labute approximate surface area is 159 Å². The number of nitrogens with one attached hydrogen (secondary N) is 1. The van der Waals surface area contributed by atoms with Crippen molar-refractivity contribution in [3.05, 3.63) is 29.3 Å². The largest absolute Gasteiger partial charge is 0.479 e. The van der Waals surface area contributed by atoms with Gasteiger partial charge in [0.2, 0.25) is 5.91 Å². The lowest BCUT2D eigenvalue weighted by atomic mass is 10.2. The molecule has 7 heteroatoms. The molecule has 0 radical (unpaired) electrons. The van der Waals surface area contributed by atoms with Crippen LogP contribution in [0.25, 0.3) is 0 Å². The minimum absolute atomic E-state index is 0.0559. The smallest absolute Gasteiger partial charge is 0.263 e. The van der Waals surface area contributed by atoms with Crippen LogP contribution in [0.15, 0.2) is 24.3 Å². The number of amides is 2. The third-order valence-corrected chi connectivity index (χ3v) is 5.28. The Kier molecular flexibility index (Phi) is 6.04. The lowest BCUT2D eigenvalue weighted by Gasteiger charge is -2.38. The molecule has 1 aliphatic carbocycles. The van der Waals surface area contributed by atoms with E-state index in [1.807, 2.05) is 19.1 Å². The number of piperazine rings is 1. The quantitative estimate of drug-likeness (QED) is 0.820. The monoisotopic (exact) mass is 379 g/mol. The number of carbonyl (C=O) groups excluding carboxylic acids is 2. The van der Waals surface area contributed by atoms with Gasteiger partial charge in [0, 0.05) is 32.2 Å². The molecule has 1 N–H and O–H groups in total. The highest BCUT2D eigenvalue weighted by atomic mass is 35.5. The van der Waals surface area contributed by atoms with E-state index in [-0.39, 0.29) is 17.9 Å². The molecule has 0 spiro atoms. The van der Waals surface area contributed by atoms with Crippen LogP contribution in [-0.4, -0.2) is 66.0 Å². The summed E-state index contributed by atoms with van der Waals surface area (Å²) in [6.07, 6.45) is 1.57. The molecule has 1 aromatic carbocycles. The van der Waals surface area contributed by atoms with Crippen molar-refractivity contribution < 1.29 is 14.3 Å². The topological polar surface area (TPSA) is 61.9 Å². The van der Waals surface area contributed by atoms with Gasteiger partial charge in [0.15, 0.2) is 6.10 Å². The fraction of sp³-hybridized carbons (Fsp3) is 0.579. The Morgan fingerprint density at radius 2 is 1.81 bits per heavy atom. The van der Waals surface area contributed by atoms with Crippen molar-refractivity contribution in [1.29, 1.82) is 0 Å². The van der Waals surface area contributed by atoms with Crippen molar-refractivity contribution in [2.24, 2.45) is 0 Å². The first-order valence-electron chi connectivity index (χ1n) is 9.20. The molecule has 1 saturated carbocycles. The molecule has 3 rings (SSSR count). The molecule has 142 valence electrons. The molecule has 1 saturated heterocycles. The van der Waals surface area contributed by atoms with E-state index in [1.165, 1.54) is 0 Å². The summed E-state index contributed by atoms with van der Waals surface area (Å²) >= 11 is 6.09. The third kappa shape index (κ3) is 4.68. The first-order valence-corrected chi connectivity index (χ1v) is 9.58. The second kappa shape index (κ2) is 8.27. The number of para-hydroxylation sites is 1. The van der Waals surface area contributed by atoms with Crippen molar-refractivity contribution in [1.82, 2.24) is 15.1 Å². The second-order valence-electron chi connectivity index (χ2n) is 7.01. The molecule has 1 aromatic rings. The first kappa shape index (κ1) is 19.0. The second-order valence-corrected chi connectivity index (χ2v) is 7.42. The summed E-state index contributed by atoms with van der Waals surface area (Å²) in [5.74, 6) is 0.543. The van der Waals surface area contributed by atoms with Gasteiger partial charge >= 0.3 is 0 Å². The first-order chi connectivity index (χ1) is 12.5. The van der Waals surface area contributed by atoms with Gasteiger partial charge in [-0.3, -0.25) is 14.5 Å². The molecular formula is C19H26ClN3O3. The molecule has 1 aliphatic heterocycles. The summed E-state index contributed by atoms with van der Waals surface area (Å²) in [6.45, 7) is 6.22. The lowest BCUT2D eigenvalue weighted by molar-refractivity contribution is -0.140. The van der Waals surface area contributed by atoms with E-state index >= 15 is 0 Å². The summed E-state index contributed by atoms with van der Waals surface area (Å²) in [7, 11) is 0. The fourth-order valence-corrected chi connectivity index (χ4v) is 3.26. The van der Waals surface area contributed by atoms with E-state index in [9.17, 15) is 9.59 Å². The van der Waals surface area contributed by atoms with Crippen LogP contribution < -0.4 is 10.1 Å². The zero-order chi connectivity index (χ0) is 18.7. The Hall–Kier alpha value is -1.79. The molecule has 0 aromatic heterocycles. The molecule has 2 amide bonds. The summed E-state index contributed by atoms with van der Waals surface area (Å²) in [6, 6.07) is 7.35. The zero-order valence-electron chi connectivity index (χ0n) is 15.3. The predicted molar refractivity (Wildman–Crippen MR) is 100 cm³/mol. The van der Waals surface area contributed by atoms with Crippen LogP contribution in [0.4, 0.5) is 0 Å². The van der Waals surface area contributed by atoms with Crippen LogP contribution in [0.2, 0.25) is 5.02 Å². The van der Waals surface area contributed by atoms with E-state index in [4.69, 9.17) is 16.3 Å². The van der Waals surface area contributed by atoms with Gasteiger partial charge in [0.05, 0.1) is 11.1 Å². The number of hydrogen-bond acceptors (Lipinski definition) is 4. The number of benzene rings is 1. The van der Waals surface area contributed by atoms with Crippen LogP contribution in [0.5, 0.6) is 5.75 Å². The van der Waals surface area contributed by atoms with E-state index in [1.54, 1.807) is 24.0 Å². The van der Waals surface area contributed by atoms with Gasteiger partial charge in [0.25, 0.3) is 5.91 Å². The van der Waals surface area contributed by atoms with Gasteiger partial charge in [0.1, 0.15) is 5.75 Å². The number of rotatable bonds is 6. The maximum atomic E-state index is 12.6. The van der Waals surface area contributed by atoms with Crippen LogP contribution in [0.3, 0.4) is 0 Å². The van der Waals surface area contributed by atoms with Gasteiger partial charge in [-0.05, 0) is 38.8 Å². The van der Waals surface area contributed by atoms with Crippen LogP contribution >= 0.6 is 11.6 Å². The van der Waals surface area contributed by atoms with Crippen molar-refractivity contribution in [2.45, 2.75) is 44.9 Å². The van der Waals surface area contributed by atoms with Gasteiger partial charge in [-0.25, -0.2) is 0 Å². The summed E-state index contributed by atoms with van der Waals surface area (Å²) in [5, 5.41) is 3.54. The third-order valence-electron chi connectivity index (χ3n) is 4.96. The van der Waals surface area contributed by atoms with Gasteiger partial charge in [-0.2, -0.15) is 0 Å². The highest BCUT2D eigenvalue weighted by Gasteiger charge is 2.32. The summed E-state index contributed by atoms with van der Waals surface area (Å²) in [5.41, 5.74) is 0. The number of carbonyl (C=O) groups is 2. The maximum Gasteiger partial charge on any atom is 0.263 e. The number of ether oxygens (including phenoxy) is 1. The SMILES string of the molecule is CC(Oc1ccccc1Cl)C(=O)N1CCN(C(C)C(=O)NC2CC2)CC1. The predicted octanol–water partition coefficient (Wildman–Crippen LogP) is 1.92. The molecule has 6 nitrogen and oxygen atoms in total. The van der Waals surface area contributed by atoms with E-state index < -0.39 is 6.10 Å². The van der Waals surface area contributed by atoms with Crippen molar-refractivity contribution in [3.63, 3.8) is 0 Å². The molecule has 26 heavy (non-hydrogen) atoms. The van der Waals surface area contributed by atoms with E-state index in [0.29, 0.717) is 43.0 Å². The van der Waals surface area contributed by atoms with Crippen molar-refractivity contribution >= 4 is 23.4 Å². The summed E-state index contributed by atoms with van der Waals surface area (Å²) in [4.78, 5) is 28.7. The van der Waals surface area contributed by atoms with Crippen molar-refractivity contribution in [2.75, 3.05) is 26.2 Å². The Morgan fingerprint density at radius 3 is 2.42 bits per heavy atom. The summed E-state index contributed by atoms with van der Waals surface area (Å²) < 4.78 is 5.72. The number of nitrogens with zero attached hydrogens (tertiary/aromatic N) is 2. The van der Waals surface area contributed by atoms with Gasteiger partial charge in [-0.15, -0.1) is 0 Å². The standard InChI is InChI=1S/C19H26ClN3O3/c1-13(18(24)21-15-7-8-15)22-9-11-23(12-10-22)19(25)14(2)26-17-6-4-3-5-16(17)20/h3-6,13-15H,7-12H2,1-2H3,(H,21,24). The molecule has 1 heterocycles. The van der Waals surface area contributed by atoms with Gasteiger partial charge < -0.3 is 15.0 Å². The fourth-order valence-electron chi connectivity index (χ4n) is 3.08. The van der Waals surface area contributed by atoms with E-state index in [2.05, 4.69) is 10.2 Å². The lowest BCUT2D eigenvalue weighted by Crippen LogP contribution is -2.56. The highest BCUT2D eigenvalue weighted by molar-refractivity contribution is 6.32. The minimum atomic E-state index is -0.600. The number of halogens is 1. The molecule has 2 aliphatic rings. The molecule has 2 fully saturated rings. The van der Waals surface area contributed by atoms with Crippen LogP contribution in [0, 0.1) is 0 Å². The number of hydrogen-bond donors (Lipinski definition) is 1. The molecule has 0 bridgehead atoms. The maximum absolute atomic E-state index is 12.6. The minimum Gasteiger partial charge on any atom is -0.479 e. The Balaban J connectivity index is 1.48. The average molecular weight is 380 g/mol. The van der Waals surface area contributed by atoms with Crippen molar-refractivity contribution in [3.8, 4) is 5.75 Å². The van der Waals surface area contributed by atoms with Gasteiger partial charge in [-0.1, -0.05) is 23.7 Å².